The topological polar surface area (TPSA) is 72.8 Å². The minimum atomic E-state index is -0.262. The van der Waals surface area contributed by atoms with E-state index in [0.29, 0.717) is 17.5 Å². The number of carbonyl (C=O) groups excluding carboxylic acids is 1. The highest BCUT2D eigenvalue weighted by Gasteiger charge is 2.29. The van der Waals surface area contributed by atoms with E-state index in [1.165, 1.54) is 4.68 Å². The zero-order valence-electron chi connectivity index (χ0n) is 16.4. The van der Waals surface area contributed by atoms with Crippen LogP contribution in [0.3, 0.4) is 0 Å². The molecule has 1 aliphatic heterocycles. The molecule has 0 N–H and O–H groups in total. The third kappa shape index (κ3) is 2.85. The maximum absolute atomic E-state index is 13.0. The lowest BCUT2D eigenvalue weighted by atomic mass is 9.97. The highest BCUT2D eigenvalue weighted by atomic mass is 16.3. The summed E-state index contributed by atoms with van der Waals surface area (Å²) < 4.78 is 8.84. The number of amides is 1. The molecule has 1 aliphatic rings. The lowest BCUT2D eigenvalue weighted by Crippen LogP contribution is -2.49. The molecular formula is C20H26N4O3. The number of hydrogen-bond donors (Lipinski definition) is 0. The molecule has 7 heteroatoms. The minimum absolute atomic E-state index is 0.0252. The molecule has 0 bridgehead atoms. The van der Waals surface area contributed by atoms with E-state index in [2.05, 4.69) is 18.9 Å². The second-order valence-corrected chi connectivity index (χ2v) is 7.63. The first kappa shape index (κ1) is 17.8. The molecule has 3 aromatic rings. The monoisotopic (exact) mass is 370 g/mol. The van der Waals surface area contributed by atoms with Crippen molar-refractivity contribution in [2.45, 2.75) is 72.0 Å². The molecule has 3 aromatic heterocycles. The maximum Gasteiger partial charge on any atom is 0.291 e. The zero-order valence-corrected chi connectivity index (χ0v) is 16.4. The molecule has 0 spiro atoms. The van der Waals surface area contributed by atoms with Crippen molar-refractivity contribution < 1.29 is 9.21 Å². The largest absolute Gasteiger partial charge is 0.460 e. The van der Waals surface area contributed by atoms with Crippen molar-refractivity contribution in [2.24, 2.45) is 0 Å². The standard InChI is InChI=1S/C20H26N4O3/c1-5-18-21-22(11-19(25)23-12(2)7-6-8-13(23)3)20(26)16-10-17-15(24(16)18)9-14(4)27-17/h9-10,12-13H,5-8,11H2,1-4H3/t12-,13+. The zero-order chi connectivity index (χ0) is 19.3. The number of aromatic nitrogens is 3. The summed E-state index contributed by atoms with van der Waals surface area (Å²) in [6, 6.07) is 4.06. The summed E-state index contributed by atoms with van der Waals surface area (Å²) >= 11 is 0. The van der Waals surface area contributed by atoms with Crippen LogP contribution in [-0.4, -0.2) is 37.1 Å². The fourth-order valence-electron chi connectivity index (χ4n) is 4.37. The Morgan fingerprint density at radius 2 is 1.93 bits per heavy atom. The van der Waals surface area contributed by atoms with Crippen molar-refractivity contribution in [2.75, 3.05) is 0 Å². The van der Waals surface area contributed by atoms with Gasteiger partial charge in [0.2, 0.25) is 5.91 Å². The fraction of sp³-hybridized carbons (Fsp3) is 0.550. The number of furan rings is 1. The Morgan fingerprint density at radius 3 is 2.59 bits per heavy atom. The van der Waals surface area contributed by atoms with Gasteiger partial charge in [-0.1, -0.05) is 6.92 Å². The van der Waals surface area contributed by atoms with Crippen LogP contribution in [0, 0.1) is 6.92 Å². The third-order valence-corrected chi connectivity index (χ3v) is 5.64. The van der Waals surface area contributed by atoms with Crippen molar-refractivity contribution in [3.05, 3.63) is 34.1 Å². The highest BCUT2D eigenvalue weighted by molar-refractivity contribution is 5.83. The van der Waals surface area contributed by atoms with E-state index in [-0.39, 0.29) is 30.1 Å². The Morgan fingerprint density at radius 1 is 1.22 bits per heavy atom. The number of aryl methyl sites for hydroxylation is 2. The number of carbonyl (C=O) groups is 1. The van der Waals surface area contributed by atoms with E-state index < -0.39 is 0 Å². The Hall–Kier alpha value is -2.57. The van der Waals surface area contributed by atoms with Crippen LogP contribution in [0.1, 0.15) is 51.6 Å². The normalized spacial score (nSPS) is 20.7. The molecule has 7 nitrogen and oxygen atoms in total. The van der Waals surface area contributed by atoms with Gasteiger partial charge in [0.05, 0.1) is 5.52 Å². The first-order chi connectivity index (χ1) is 12.9. The number of fused-ring (bicyclic) bond motifs is 3. The van der Waals surface area contributed by atoms with Crippen molar-refractivity contribution in [1.29, 1.82) is 0 Å². The SMILES string of the molecule is CCc1nn(CC(=O)N2[C@H](C)CCC[C@@H]2C)c(=O)c2cc3oc(C)cc3n12. The van der Waals surface area contributed by atoms with Crippen LogP contribution in [0.25, 0.3) is 16.6 Å². The second kappa shape index (κ2) is 6.55. The number of likely N-dealkylation sites (tertiary alicyclic amines) is 1. The summed E-state index contributed by atoms with van der Waals surface area (Å²) in [5, 5.41) is 4.51. The van der Waals surface area contributed by atoms with Crippen LogP contribution in [0.15, 0.2) is 21.3 Å². The summed E-state index contributed by atoms with van der Waals surface area (Å²) in [6.07, 6.45) is 3.80. The molecule has 144 valence electrons. The van der Waals surface area contributed by atoms with Gasteiger partial charge in [-0.15, -0.1) is 0 Å². The fourth-order valence-corrected chi connectivity index (χ4v) is 4.37. The lowest BCUT2D eigenvalue weighted by molar-refractivity contribution is -0.138. The van der Waals surface area contributed by atoms with Crippen molar-refractivity contribution in [3.63, 3.8) is 0 Å². The molecule has 0 radical (unpaired) electrons. The summed E-state index contributed by atoms with van der Waals surface area (Å²) in [6.45, 7) is 8.00. The molecule has 4 heterocycles. The maximum atomic E-state index is 13.0. The molecule has 0 aliphatic carbocycles. The van der Waals surface area contributed by atoms with Crippen LogP contribution in [0.2, 0.25) is 0 Å². The first-order valence-corrected chi connectivity index (χ1v) is 9.73. The predicted octanol–water partition coefficient (Wildman–Crippen LogP) is 2.90. The van der Waals surface area contributed by atoms with E-state index in [4.69, 9.17) is 4.42 Å². The average molecular weight is 370 g/mol. The Balaban J connectivity index is 1.77. The van der Waals surface area contributed by atoms with Crippen LogP contribution in [-0.2, 0) is 17.8 Å². The van der Waals surface area contributed by atoms with E-state index in [1.807, 2.05) is 29.2 Å². The molecular weight excluding hydrogens is 344 g/mol. The van der Waals surface area contributed by atoms with Gasteiger partial charge in [-0.2, -0.15) is 5.10 Å². The number of nitrogens with zero attached hydrogens (tertiary/aromatic N) is 4. The summed E-state index contributed by atoms with van der Waals surface area (Å²) in [5.41, 5.74) is 1.76. The van der Waals surface area contributed by atoms with Crippen LogP contribution < -0.4 is 5.56 Å². The van der Waals surface area contributed by atoms with Gasteiger partial charge < -0.3 is 9.32 Å². The lowest BCUT2D eigenvalue weighted by Gasteiger charge is -2.39. The Kier molecular flexibility index (Phi) is 4.32. The van der Waals surface area contributed by atoms with E-state index >= 15 is 0 Å². The molecule has 0 aromatic carbocycles. The van der Waals surface area contributed by atoms with Gasteiger partial charge in [0.25, 0.3) is 5.56 Å². The summed E-state index contributed by atoms with van der Waals surface area (Å²) in [4.78, 5) is 27.9. The van der Waals surface area contributed by atoms with E-state index in [1.54, 1.807) is 6.07 Å². The van der Waals surface area contributed by atoms with Crippen molar-refractivity contribution >= 4 is 22.5 Å². The molecule has 2 atom stereocenters. The quantitative estimate of drug-likeness (QED) is 0.711. The van der Waals surface area contributed by atoms with Gasteiger partial charge in [-0.25, -0.2) is 4.68 Å². The minimum Gasteiger partial charge on any atom is -0.460 e. The van der Waals surface area contributed by atoms with Crippen molar-refractivity contribution in [3.8, 4) is 0 Å². The summed E-state index contributed by atoms with van der Waals surface area (Å²) in [7, 11) is 0. The molecule has 1 fully saturated rings. The van der Waals surface area contributed by atoms with Gasteiger partial charge in [0.15, 0.2) is 5.58 Å². The smallest absolute Gasteiger partial charge is 0.291 e. The molecule has 4 rings (SSSR count). The third-order valence-electron chi connectivity index (χ3n) is 5.64. The van der Waals surface area contributed by atoms with Gasteiger partial charge in [-0.3, -0.25) is 14.0 Å². The molecule has 0 unspecified atom stereocenters. The number of rotatable bonds is 3. The summed E-state index contributed by atoms with van der Waals surface area (Å²) in [5.74, 6) is 1.50. The number of hydrogen-bond acceptors (Lipinski definition) is 4. The molecule has 27 heavy (non-hydrogen) atoms. The average Bonchev–Trinajstić information content (AvgIpc) is 3.13. The molecule has 0 saturated carbocycles. The van der Waals surface area contributed by atoms with Gasteiger partial charge in [0, 0.05) is 30.6 Å². The molecule has 1 saturated heterocycles. The highest BCUT2D eigenvalue weighted by Crippen LogP contribution is 2.24. The Bertz CT molecular complexity index is 1060. The Labute approximate surface area is 157 Å². The van der Waals surface area contributed by atoms with Gasteiger partial charge >= 0.3 is 0 Å². The first-order valence-electron chi connectivity index (χ1n) is 9.73. The number of piperidine rings is 1. The van der Waals surface area contributed by atoms with E-state index in [0.717, 1.165) is 36.4 Å². The van der Waals surface area contributed by atoms with Crippen LogP contribution >= 0.6 is 0 Å². The van der Waals surface area contributed by atoms with Crippen LogP contribution in [0.5, 0.6) is 0 Å². The van der Waals surface area contributed by atoms with Gasteiger partial charge in [-0.05, 0) is 40.0 Å². The van der Waals surface area contributed by atoms with Gasteiger partial charge in [0.1, 0.15) is 23.6 Å². The molecule has 1 amide bonds. The van der Waals surface area contributed by atoms with Crippen molar-refractivity contribution in [1.82, 2.24) is 19.1 Å². The van der Waals surface area contributed by atoms with E-state index in [9.17, 15) is 9.59 Å². The predicted molar refractivity (Wildman–Crippen MR) is 103 cm³/mol. The second-order valence-electron chi connectivity index (χ2n) is 7.63. The van der Waals surface area contributed by atoms with Crippen LogP contribution in [0.4, 0.5) is 0 Å².